The number of aliphatic hydroxyl groups is 1. The molecule has 7 heteroatoms. The third-order valence-electron chi connectivity index (χ3n) is 5.15. The normalized spacial score (nSPS) is 28.8. The first kappa shape index (κ1) is 19.0. The van der Waals surface area contributed by atoms with Crippen LogP contribution in [0.15, 0.2) is 12.1 Å². The summed E-state index contributed by atoms with van der Waals surface area (Å²) in [4.78, 5) is 14.2. The van der Waals surface area contributed by atoms with Crippen molar-refractivity contribution >= 4 is 6.09 Å². The average Bonchev–Trinajstić information content (AvgIpc) is 2.49. The van der Waals surface area contributed by atoms with Crippen molar-refractivity contribution in [3.8, 4) is 0 Å². The second-order valence-corrected chi connectivity index (χ2v) is 8.29. The maximum atomic E-state index is 14.3. The highest BCUT2D eigenvalue weighted by Gasteiger charge is 2.50. The van der Waals surface area contributed by atoms with Gasteiger partial charge < -0.3 is 14.7 Å². The predicted molar refractivity (Wildman–Crippen MR) is 88.9 cm³/mol. The van der Waals surface area contributed by atoms with Gasteiger partial charge >= 0.3 is 6.09 Å². The van der Waals surface area contributed by atoms with Gasteiger partial charge in [0.05, 0.1) is 5.60 Å². The molecule has 2 saturated heterocycles. The molecule has 0 aromatic heterocycles. The molecule has 0 spiro atoms. The molecule has 2 bridgehead atoms. The van der Waals surface area contributed by atoms with E-state index in [1.807, 2.05) is 0 Å². The Hall–Kier alpha value is -1.76. The lowest BCUT2D eigenvalue weighted by molar-refractivity contribution is -0.0981. The number of benzene rings is 1. The van der Waals surface area contributed by atoms with Crippen LogP contribution in [-0.4, -0.2) is 33.8 Å². The van der Waals surface area contributed by atoms with Gasteiger partial charge in [0.15, 0.2) is 17.5 Å². The van der Waals surface area contributed by atoms with E-state index in [4.69, 9.17) is 4.74 Å². The SMILES string of the molecule is CC(C)(C)OC(=O)N1C2CCCC1CC(O)(c1ccc(F)c(F)c1F)C2. The fraction of sp³-hybridized carbons (Fsp3) is 0.632. The summed E-state index contributed by atoms with van der Waals surface area (Å²) in [5, 5.41) is 11.1. The molecule has 26 heavy (non-hydrogen) atoms. The fourth-order valence-corrected chi connectivity index (χ4v) is 4.15. The summed E-state index contributed by atoms with van der Waals surface area (Å²) >= 11 is 0. The van der Waals surface area contributed by atoms with E-state index in [1.54, 1.807) is 25.7 Å². The van der Waals surface area contributed by atoms with Crippen LogP contribution in [0.4, 0.5) is 18.0 Å². The van der Waals surface area contributed by atoms with E-state index in [0.717, 1.165) is 18.6 Å². The molecular formula is C19H24F3NO3. The van der Waals surface area contributed by atoms with Crippen molar-refractivity contribution in [1.82, 2.24) is 4.90 Å². The van der Waals surface area contributed by atoms with E-state index in [2.05, 4.69) is 0 Å². The Morgan fingerprint density at radius 1 is 1.15 bits per heavy atom. The van der Waals surface area contributed by atoms with E-state index in [0.29, 0.717) is 12.8 Å². The van der Waals surface area contributed by atoms with Crippen LogP contribution in [0, 0.1) is 17.5 Å². The summed E-state index contributed by atoms with van der Waals surface area (Å²) < 4.78 is 46.6. The number of ether oxygens (including phenoxy) is 1. The first-order chi connectivity index (χ1) is 12.0. The van der Waals surface area contributed by atoms with Crippen molar-refractivity contribution in [2.24, 2.45) is 0 Å². The van der Waals surface area contributed by atoms with Gasteiger partial charge in [-0.25, -0.2) is 18.0 Å². The van der Waals surface area contributed by atoms with Crippen LogP contribution in [0.3, 0.4) is 0 Å². The van der Waals surface area contributed by atoms with E-state index in [-0.39, 0.29) is 30.5 Å². The monoisotopic (exact) mass is 371 g/mol. The molecule has 0 aliphatic carbocycles. The minimum absolute atomic E-state index is 0.0603. The lowest BCUT2D eigenvalue weighted by Crippen LogP contribution is -2.59. The van der Waals surface area contributed by atoms with Gasteiger partial charge in [0, 0.05) is 30.5 Å². The molecule has 0 radical (unpaired) electrons. The third-order valence-corrected chi connectivity index (χ3v) is 5.15. The van der Waals surface area contributed by atoms with Crippen LogP contribution in [0.5, 0.6) is 0 Å². The van der Waals surface area contributed by atoms with Gasteiger partial charge in [-0.3, -0.25) is 0 Å². The van der Waals surface area contributed by atoms with Crippen LogP contribution < -0.4 is 0 Å². The largest absolute Gasteiger partial charge is 0.444 e. The lowest BCUT2D eigenvalue weighted by atomic mass is 9.72. The Morgan fingerprint density at radius 2 is 1.73 bits per heavy atom. The first-order valence-electron chi connectivity index (χ1n) is 8.89. The molecule has 144 valence electrons. The molecule has 2 aliphatic rings. The Balaban J connectivity index is 1.90. The van der Waals surface area contributed by atoms with Gasteiger partial charge in [-0.15, -0.1) is 0 Å². The molecule has 1 aromatic rings. The molecule has 0 saturated carbocycles. The first-order valence-corrected chi connectivity index (χ1v) is 8.89. The number of rotatable bonds is 1. The third kappa shape index (κ3) is 3.41. The number of carbonyl (C=O) groups is 1. The van der Waals surface area contributed by atoms with Gasteiger partial charge in [0.25, 0.3) is 0 Å². The van der Waals surface area contributed by atoms with Crippen LogP contribution in [0.2, 0.25) is 0 Å². The maximum Gasteiger partial charge on any atom is 0.410 e. The molecule has 4 nitrogen and oxygen atoms in total. The fourth-order valence-electron chi connectivity index (χ4n) is 4.15. The number of carbonyl (C=O) groups excluding carboxylic acids is 1. The Kier molecular flexibility index (Phi) is 4.71. The molecule has 2 unspecified atom stereocenters. The van der Waals surface area contributed by atoms with Crippen molar-refractivity contribution < 1.29 is 27.8 Å². The van der Waals surface area contributed by atoms with E-state index < -0.39 is 34.7 Å². The quantitative estimate of drug-likeness (QED) is 0.751. The molecule has 3 rings (SSSR count). The smallest absolute Gasteiger partial charge is 0.410 e. The highest BCUT2D eigenvalue weighted by atomic mass is 19.2. The molecule has 1 aromatic carbocycles. The predicted octanol–water partition coefficient (Wildman–Crippen LogP) is 4.24. The van der Waals surface area contributed by atoms with Crippen LogP contribution in [0.25, 0.3) is 0 Å². The van der Waals surface area contributed by atoms with Crippen molar-refractivity contribution in [1.29, 1.82) is 0 Å². The van der Waals surface area contributed by atoms with Crippen LogP contribution in [0.1, 0.15) is 58.4 Å². The molecule has 2 aliphatic heterocycles. The van der Waals surface area contributed by atoms with Gasteiger partial charge in [0.1, 0.15) is 5.60 Å². The van der Waals surface area contributed by atoms with Crippen molar-refractivity contribution in [3.05, 3.63) is 35.1 Å². The molecule has 2 atom stereocenters. The summed E-state index contributed by atoms with van der Waals surface area (Å²) in [7, 11) is 0. The van der Waals surface area contributed by atoms with Crippen molar-refractivity contribution in [2.75, 3.05) is 0 Å². The van der Waals surface area contributed by atoms with Gasteiger partial charge in [-0.1, -0.05) is 6.07 Å². The number of nitrogens with zero attached hydrogens (tertiary/aromatic N) is 1. The number of amides is 1. The zero-order valence-corrected chi connectivity index (χ0v) is 15.2. The number of hydrogen-bond donors (Lipinski definition) is 1. The molecule has 2 heterocycles. The topological polar surface area (TPSA) is 49.8 Å². The van der Waals surface area contributed by atoms with E-state index >= 15 is 0 Å². The minimum Gasteiger partial charge on any atom is -0.444 e. The second-order valence-electron chi connectivity index (χ2n) is 8.29. The standard InChI is InChI=1S/C19H24F3NO3/c1-18(2,3)26-17(24)23-11-5-4-6-12(23)10-19(25,9-11)13-7-8-14(20)16(22)15(13)21/h7-8,11-12,25H,4-6,9-10H2,1-3H3. The lowest BCUT2D eigenvalue weighted by Gasteiger charge is -2.51. The van der Waals surface area contributed by atoms with Crippen LogP contribution >= 0.6 is 0 Å². The van der Waals surface area contributed by atoms with Crippen LogP contribution in [-0.2, 0) is 10.3 Å². The second kappa shape index (κ2) is 6.44. The van der Waals surface area contributed by atoms with Gasteiger partial charge in [0.2, 0.25) is 0 Å². The average molecular weight is 371 g/mol. The summed E-state index contributed by atoms with van der Waals surface area (Å²) in [5.41, 5.74) is -2.55. The Morgan fingerprint density at radius 3 is 2.27 bits per heavy atom. The Bertz CT molecular complexity index is 703. The minimum atomic E-state index is -1.65. The number of piperidine rings is 2. The summed E-state index contributed by atoms with van der Waals surface area (Å²) in [6, 6.07) is 1.23. The zero-order valence-electron chi connectivity index (χ0n) is 15.2. The zero-order chi connectivity index (χ0) is 19.3. The highest BCUT2D eigenvalue weighted by Crippen LogP contribution is 2.45. The number of fused-ring (bicyclic) bond motifs is 2. The Labute approximate surface area is 150 Å². The van der Waals surface area contributed by atoms with Gasteiger partial charge in [-0.05, 0) is 46.1 Å². The maximum absolute atomic E-state index is 14.3. The molecule has 1 N–H and O–H groups in total. The number of hydrogen-bond acceptors (Lipinski definition) is 3. The summed E-state index contributed by atoms with van der Waals surface area (Å²) in [6.45, 7) is 5.33. The van der Waals surface area contributed by atoms with Crippen molar-refractivity contribution in [3.63, 3.8) is 0 Å². The van der Waals surface area contributed by atoms with E-state index in [9.17, 15) is 23.1 Å². The summed E-state index contributed by atoms with van der Waals surface area (Å²) in [6.07, 6.45) is 1.83. The molecular weight excluding hydrogens is 347 g/mol. The van der Waals surface area contributed by atoms with E-state index in [1.165, 1.54) is 0 Å². The molecule has 2 fully saturated rings. The van der Waals surface area contributed by atoms with Crippen molar-refractivity contribution in [2.45, 2.75) is 76.2 Å². The van der Waals surface area contributed by atoms with Gasteiger partial charge in [-0.2, -0.15) is 0 Å². The highest BCUT2D eigenvalue weighted by molar-refractivity contribution is 5.69. The summed E-state index contributed by atoms with van der Waals surface area (Å²) in [5.74, 6) is -4.24. The number of halogens is 3. The molecule has 1 amide bonds.